The zero-order valence-corrected chi connectivity index (χ0v) is 11.4. The molecule has 0 saturated carbocycles. The van der Waals surface area contributed by atoms with Crippen molar-refractivity contribution in [2.75, 3.05) is 19.6 Å². The summed E-state index contributed by atoms with van der Waals surface area (Å²) < 4.78 is 1.81. The van der Waals surface area contributed by atoms with Crippen LogP contribution in [0.3, 0.4) is 0 Å². The first-order valence-electron chi connectivity index (χ1n) is 6.24. The summed E-state index contributed by atoms with van der Waals surface area (Å²) in [5.74, 6) is -0.147. The fourth-order valence-electron chi connectivity index (χ4n) is 2.36. The second-order valence-electron chi connectivity index (χ2n) is 4.81. The van der Waals surface area contributed by atoms with Gasteiger partial charge in [0.15, 0.2) is 0 Å². The second-order valence-corrected chi connectivity index (χ2v) is 5.63. The van der Waals surface area contributed by atoms with E-state index in [1.54, 1.807) is 0 Å². The van der Waals surface area contributed by atoms with E-state index in [-0.39, 0.29) is 16.7 Å². The number of piperidine rings is 1. The Morgan fingerprint density at radius 1 is 1.44 bits per heavy atom. The van der Waals surface area contributed by atoms with Gasteiger partial charge in [-0.3, -0.25) is 9.59 Å². The molecular formula is C12H19N3O2S. The Kier molecular flexibility index (Phi) is 4.19. The number of rotatable bonds is 4. The molecular weight excluding hydrogens is 250 g/mol. The summed E-state index contributed by atoms with van der Waals surface area (Å²) in [5.41, 5.74) is 6.33. The van der Waals surface area contributed by atoms with Gasteiger partial charge < -0.3 is 15.2 Å². The Labute approximate surface area is 110 Å². The highest BCUT2D eigenvalue weighted by Gasteiger charge is 2.22. The minimum atomic E-state index is -0.181. The monoisotopic (exact) mass is 269 g/mol. The molecule has 0 radical (unpaired) electrons. The lowest BCUT2D eigenvalue weighted by Crippen LogP contribution is -2.40. The molecule has 2 N–H and O–H groups in total. The number of carbonyl (C=O) groups is 1. The van der Waals surface area contributed by atoms with E-state index in [0.29, 0.717) is 0 Å². The molecule has 1 saturated heterocycles. The fraction of sp³-hybridized carbons (Fsp3) is 0.667. The summed E-state index contributed by atoms with van der Waals surface area (Å²) >= 11 is 1.25. The van der Waals surface area contributed by atoms with Crippen LogP contribution in [0.25, 0.3) is 0 Å². The Morgan fingerprint density at radius 3 is 2.61 bits per heavy atom. The molecule has 5 nitrogen and oxygen atoms in total. The van der Waals surface area contributed by atoms with Gasteiger partial charge in [0.1, 0.15) is 0 Å². The summed E-state index contributed by atoms with van der Waals surface area (Å²) in [4.78, 5) is 25.0. The predicted molar refractivity (Wildman–Crippen MR) is 71.7 cm³/mol. The van der Waals surface area contributed by atoms with Crippen LogP contribution in [-0.4, -0.2) is 35.0 Å². The van der Waals surface area contributed by atoms with Gasteiger partial charge in [0.2, 0.25) is 5.91 Å². The number of carbonyl (C=O) groups excluding carboxylic acids is 1. The molecule has 0 spiro atoms. The molecule has 1 fully saturated rings. The predicted octanol–water partition coefficient (Wildman–Crippen LogP) is 0.416. The SMILES string of the molecule is Cc1csc(=O)n1CCN1CCC(C(N)=O)CC1. The van der Waals surface area contributed by atoms with Crippen molar-refractivity contribution < 1.29 is 4.79 Å². The Hall–Kier alpha value is -1.14. The number of hydrogen-bond donors (Lipinski definition) is 1. The van der Waals surface area contributed by atoms with Gasteiger partial charge in [0.25, 0.3) is 0 Å². The molecule has 2 heterocycles. The van der Waals surface area contributed by atoms with Gasteiger partial charge in [-0.2, -0.15) is 0 Å². The molecule has 2 rings (SSSR count). The van der Waals surface area contributed by atoms with Crippen molar-refractivity contribution in [1.82, 2.24) is 9.47 Å². The van der Waals surface area contributed by atoms with E-state index in [9.17, 15) is 9.59 Å². The molecule has 1 aliphatic rings. The molecule has 18 heavy (non-hydrogen) atoms. The van der Waals surface area contributed by atoms with Crippen LogP contribution in [0.1, 0.15) is 18.5 Å². The number of nitrogens with two attached hydrogens (primary N) is 1. The standard InChI is InChI=1S/C12H19N3O2S/c1-9-8-18-12(17)15(9)7-6-14-4-2-10(3-5-14)11(13)16/h8,10H,2-7H2,1H3,(H2,13,16). The average molecular weight is 269 g/mol. The lowest BCUT2D eigenvalue weighted by atomic mass is 9.96. The van der Waals surface area contributed by atoms with Crippen LogP contribution in [-0.2, 0) is 11.3 Å². The molecule has 0 bridgehead atoms. The number of hydrogen-bond acceptors (Lipinski definition) is 4. The number of aryl methyl sites for hydroxylation is 1. The molecule has 0 aromatic carbocycles. The van der Waals surface area contributed by atoms with Crippen molar-refractivity contribution in [2.45, 2.75) is 26.3 Å². The molecule has 0 aliphatic carbocycles. The van der Waals surface area contributed by atoms with Crippen molar-refractivity contribution >= 4 is 17.2 Å². The molecule has 1 amide bonds. The Balaban J connectivity index is 1.83. The van der Waals surface area contributed by atoms with Crippen molar-refractivity contribution in [3.05, 3.63) is 20.7 Å². The van der Waals surface area contributed by atoms with Crippen LogP contribution in [0.4, 0.5) is 0 Å². The highest BCUT2D eigenvalue weighted by atomic mass is 32.1. The quantitative estimate of drug-likeness (QED) is 0.861. The van der Waals surface area contributed by atoms with E-state index in [1.807, 2.05) is 16.9 Å². The van der Waals surface area contributed by atoms with Crippen LogP contribution in [0.2, 0.25) is 0 Å². The summed E-state index contributed by atoms with van der Waals surface area (Å²) in [6.07, 6.45) is 1.68. The number of nitrogens with zero attached hydrogens (tertiary/aromatic N) is 2. The minimum Gasteiger partial charge on any atom is -0.369 e. The topological polar surface area (TPSA) is 68.3 Å². The van der Waals surface area contributed by atoms with Crippen LogP contribution in [0.5, 0.6) is 0 Å². The second kappa shape index (κ2) is 5.67. The van der Waals surface area contributed by atoms with Gasteiger partial charge in [-0.15, -0.1) is 0 Å². The first kappa shape index (κ1) is 13.3. The third kappa shape index (κ3) is 3.00. The third-order valence-electron chi connectivity index (χ3n) is 3.61. The van der Waals surface area contributed by atoms with E-state index >= 15 is 0 Å². The lowest BCUT2D eigenvalue weighted by molar-refractivity contribution is -0.123. The molecule has 1 aromatic heterocycles. The van der Waals surface area contributed by atoms with Crippen LogP contribution in [0.15, 0.2) is 10.2 Å². The average Bonchev–Trinajstić information content (AvgIpc) is 2.67. The van der Waals surface area contributed by atoms with E-state index in [0.717, 1.165) is 44.7 Å². The van der Waals surface area contributed by atoms with Crippen LogP contribution >= 0.6 is 11.3 Å². The van der Waals surface area contributed by atoms with Crippen molar-refractivity contribution in [2.24, 2.45) is 11.7 Å². The first-order chi connectivity index (χ1) is 8.58. The summed E-state index contributed by atoms with van der Waals surface area (Å²) in [5, 5.41) is 1.89. The maximum Gasteiger partial charge on any atom is 0.307 e. The largest absolute Gasteiger partial charge is 0.369 e. The van der Waals surface area contributed by atoms with E-state index in [1.165, 1.54) is 11.3 Å². The normalized spacial score (nSPS) is 18.1. The molecule has 1 aliphatic heterocycles. The van der Waals surface area contributed by atoms with Crippen molar-refractivity contribution in [3.8, 4) is 0 Å². The van der Waals surface area contributed by atoms with E-state index in [4.69, 9.17) is 5.73 Å². The van der Waals surface area contributed by atoms with Gasteiger partial charge in [0, 0.05) is 30.1 Å². The number of amides is 1. The molecule has 0 atom stereocenters. The lowest BCUT2D eigenvalue weighted by Gasteiger charge is -2.30. The number of likely N-dealkylation sites (tertiary alicyclic amines) is 1. The van der Waals surface area contributed by atoms with Crippen molar-refractivity contribution in [1.29, 1.82) is 0 Å². The molecule has 0 unspecified atom stereocenters. The number of aromatic nitrogens is 1. The summed E-state index contributed by atoms with van der Waals surface area (Å²) in [7, 11) is 0. The third-order valence-corrected chi connectivity index (χ3v) is 4.49. The summed E-state index contributed by atoms with van der Waals surface area (Å²) in [6, 6.07) is 0. The summed E-state index contributed by atoms with van der Waals surface area (Å²) in [6.45, 7) is 5.34. The maximum absolute atomic E-state index is 11.6. The van der Waals surface area contributed by atoms with Gasteiger partial charge in [-0.1, -0.05) is 11.3 Å². The molecule has 1 aromatic rings. The van der Waals surface area contributed by atoms with Gasteiger partial charge in [0.05, 0.1) is 0 Å². The Bertz CT molecular complexity index is 472. The number of primary amides is 1. The Morgan fingerprint density at radius 2 is 2.11 bits per heavy atom. The minimum absolute atomic E-state index is 0.0341. The van der Waals surface area contributed by atoms with Gasteiger partial charge >= 0.3 is 4.87 Å². The smallest absolute Gasteiger partial charge is 0.307 e. The van der Waals surface area contributed by atoms with E-state index in [2.05, 4.69) is 4.90 Å². The zero-order chi connectivity index (χ0) is 13.1. The zero-order valence-electron chi connectivity index (χ0n) is 10.6. The highest BCUT2D eigenvalue weighted by Crippen LogP contribution is 2.16. The maximum atomic E-state index is 11.6. The first-order valence-corrected chi connectivity index (χ1v) is 7.12. The molecule has 6 heteroatoms. The molecule has 100 valence electrons. The highest BCUT2D eigenvalue weighted by molar-refractivity contribution is 7.07. The fourth-order valence-corrected chi connectivity index (χ4v) is 3.12. The van der Waals surface area contributed by atoms with Crippen molar-refractivity contribution in [3.63, 3.8) is 0 Å². The van der Waals surface area contributed by atoms with Crippen LogP contribution < -0.4 is 10.6 Å². The van der Waals surface area contributed by atoms with E-state index < -0.39 is 0 Å². The van der Waals surface area contributed by atoms with Crippen LogP contribution in [0, 0.1) is 12.8 Å². The van der Waals surface area contributed by atoms with Gasteiger partial charge in [-0.05, 0) is 32.9 Å². The number of thiazole rings is 1. The van der Waals surface area contributed by atoms with Gasteiger partial charge in [-0.25, -0.2) is 0 Å².